The summed E-state index contributed by atoms with van der Waals surface area (Å²) in [5.74, 6) is 0.345. The molecule has 30 heavy (non-hydrogen) atoms. The standard InChI is InChI=1S/C20H19F3N4O2S/c21-20(22,23)13-5-6-15(27-9-1-2-10-27)14(12-13)24-17(28)7-8-18-25-19(26-29-18)16-4-3-11-30-16/h3-6,11-12H,1-2,7-10H2,(H,24,28). The van der Waals surface area contributed by atoms with Crippen LogP contribution in [-0.2, 0) is 17.4 Å². The van der Waals surface area contributed by atoms with E-state index >= 15 is 0 Å². The fraction of sp³-hybridized carbons (Fsp3) is 0.350. The quantitative estimate of drug-likeness (QED) is 0.590. The molecule has 1 aliphatic heterocycles. The van der Waals surface area contributed by atoms with Crippen molar-refractivity contribution in [3.8, 4) is 10.7 Å². The van der Waals surface area contributed by atoms with Gasteiger partial charge in [-0.05, 0) is 42.5 Å². The van der Waals surface area contributed by atoms with Crippen LogP contribution in [0.3, 0.4) is 0 Å². The molecule has 0 atom stereocenters. The third-order valence-corrected chi connectivity index (χ3v) is 5.69. The first-order valence-electron chi connectivity index (χ1n) is 9.52. The summed E-state index contributed by atoms with van der Waals surface area (Å²) in [6.07, 6.45) is -2.33. The van der Waals surface area contributed by atoms with Crippen LogP contribution in [0.5, 0.6) is 0 Å². The van der Waals surface area contributed by atoms with Crippen molar-refractivity contribution in [2.75, 3.05) is 23.3 Å². The highest BCUT2D eigenvalue weighted by Crippen LogP contribution is 2.36. The molecule has 1 fully saturated rings. The number of carbonyl (C=O) groups is 1. The maximum Gasteiger partial charge on any atom is 0.416 e. The van der Waals surface area contributed by atoms with Crippen LogP contribution in [-0.4, -0.2) is 29.1 Å². The van der Waals surface area contributed by atoms with Crippen LogP contribution < -0.4 is 10.2 Å². The third-order valence-electron chi connectivity index (χ3n) is 4.82. The summed E-state index contributed by atoms with van der Waals surface area (Å²) in [7, 11) is 0. The van der Waals surface area contributed by atoms with E-state index in [1.54, 1.807) is 0 Å². The Kier molecular flexibility index (Phi) is 5.76. The number of anilines is 2. The fourth-order valence-corrected chi connectivity index (χ4v) is 3.99. The lowest BCUT2D eigenvalue weighted by atomic mass is 10.1. The molecule has 0 unspecified atom stereocenters. The summed E-state index contributed by atoms with van der Waals surface area (Å²) in [6.45, 7) is 1.50. The normalized spacial score (nSPS) is 14.3. The van der Waals surface area contributed by atoms with Gasteiger partial charge in [0.15, 0.2) is 0 Å². The summed E-state index contributed by atoms with van der Waals surface area (Å²) in [4.78, 5) is 19.5. The summed E-state index contributed by atoms with van der Waals surface area (Å²) in [5.41, 5.74) is -0.0219. The molecule has 10 heteroatoms. The molecule has 1 saturated heterocycles. The molecule has 0 spiro atoms. The van der Waals surface area contributed by atoms with E-state index in [1.807, 2.05) is 22.4 Å². The Hall–Kier alpha value is -2.88. The third kappa shape index (κ3) is 4.64. The van der Waals surface area contributed by atoms with E-state index in [9.17, 15) is 18.0 Å². The van der Waals surface area contributed by atoms with Gasteiger partial charge in [0.2, 0.25) is 17.6 Å². The predicted molar refractivity (Wildman–Crippen MR) is 107 cm³/mol. The first-order chi connectivity index (χ1) is 14.4. The minimum Gasteiger partial charge on any atom is -0.370 e. The minimum atomic E-state index is -4.48. The van der Waals surface area contributed by atoms with Crippen LogP contribution in [0.15, 0.2) is 40.2 Å². The van der Waals surface area contributed by atoms with E-state index in [0.29, 0.717) is 17.4 Å². The lowest BCUT2D eigenvalue weighted by Gasteiger charge is -2.23. The van der Waals surface area contributed by atoms with Crippen molar-refractivity contribution >= 4 is 28.6 Å². The zero-order chi connectivity index (χ0) is 21.1. The van der Waals surface area contributed by atoms with Gasteiger partial charge in [-0.1, -0.05) is 11.2 Å². The second kappa shape index (κ2) is 8.47. The molecule has 2 aromatic heterocycles. The van der Waals surface area contributed by atoms with Crippen LogP contribution in [0.4, 0.5) is 24.5 Å². The van der Waals surface area contributed by atoms with Gasteiger partial charge in [-0.25, -0.2) is 0 Å². The van der Waals surface area contributed by atoms with E-state index in [4.69, 9.17) is 4.52 Å². The number of amides is 1. The number of benzene rings is 1. The number of carbonyl (C=O) groups excluding carboxylic acids is 1. The first kappa shape index (κ1) is 20.4. The topological polar surface area (TPSA) is 71.3 Å². The number of nitrogens with zero attached hydrogens (tertiary/aromatic N) is 3. The lowest BCUT2D eigenvalue weighted by molar-refractivity contribution is -0.137. The van der Waals surface area contributed by atoms with Crippen LogP contribution in [0.25, 0.3) is 10.7 Å². The van der Waals surface area contributed by atoms with Gasteiger partial charge in [-0.2, -0.15) is 18.2 Å². The summed E-state index contributed by atoms with van der Waals surface area (Å²) in [5, 5.41) is 8.42. The number of aromatic nitrogens is 2. The van der Waals surface area contributed by atoms with Gasteiger partial charge in [0, 0.05) is 25.9 Å². The molecular weight excluding hydrogens is 417 g/mol. The van der Waals surface area contributed by atoms with E-state index in [2.05, 4.69) is 15.5 Å². The molecule has 158 valence electrons. The highest BCUT2D eigenvalue weighted by atomic mass is 32.1. The first-order valence-corrected chi connectivity index (χ1v) is 10.4. The van der Waals surface area contributed by atoms with Gasteiger partial charge in [0.05, 0.1) is 21.8 Å². The largest absolute Gasteiger partial charge is 0.416 e. The smallest absolute Gasteiger partial charge is 0.370 e. The number of hydrogen-bond acceptors (Lipinski definition) is 6. The van der Waals surface area contributed by atoms with E-state index in [1.165, 1.54) is 17.4 Å². The molecule has 1 aromatic carbocycles. The van der Waals surface area contributed by atoms with Gasteiger partial charge in [0.25, 0.3) is 0 Å². The number of rotatable bonds is 6. The number of aryl methyl sites for hydroxylation is 1. The van der Waals surface area contributed by atoms with Crippen molar-refractivity contribution in [2.24, 2.45) is 0 Å². The molecule has 0 radical (unpaired) electrons. The molecule has 0 saturated carbocycles. The second-order valence-corrected chi connectivity index (χ2v) is 7.91. The molecule has 3 aromatic rings. The number of hydrogen-bond donors (Lipinski definition) is 1. The Morgan fingerprint density at radius 2 is 2.03 bits per heavy atom. The van der Waals surface area contributed by atoms with Crippen LogP contribution in [0.2, 0.25) is 0 Å². The maximum absolute atomic E-state index is 13.1. The Morgan fingerprint density at radius 1 is 1.23 bits per heavy atom. The zero-order valence-corrected chi connectivity index (χ0v) is 16.7. The lowest BCUT2D eigenvalue weighted by Crippen LogP contribution is -2.22. The van der Waals surface area contributed by atoms with Crippen LogP contribution in [0, 0.1) is 0 Å². The summed E-state index contributed by atoms with van der Waals surface area (Å²) < 4.78 is 44.6. The zero-order valence-electron chi connectivity index (χ0n) is 15.9. The van der Waals surface area contributed by atoms with E-state index < -0.39 is 17.6 Å². The predicted octanol–water partition coefficient (Wildman–Crippen LogP) is 4.99. The SMILES string of the molecule is O=C(CCc1nc(-c2cccs2)no1)Nc1cc(C(F)(F)F)ccc1N1CCCC1. The van der Waals surface area contributed by atoms with Gasteiger partial charge < -0.3 is 14.7 Å². The monoisotopic (exact) mass is 436 g/mol. The van der Waals surface area contributed by atoms with Crippen molar-refractivity contribution in [1.82, 2.24) is 10.1 Å². The molecular formula is C20H19F3N4O2S. The second-order valence-electron chi connectivity index (χ2n) is 6.96. The summed E-state index contributed by atoms with van der Waals surface area (Å²) in [6, 6.07) is 7.20. The van der Waals surface area contributed by atoms with Gasteiger partial charge in [-0.15, -0.1) is 11.3 Å². The van der Waals surface area contributed by atoms with E-state index in [0.717, 1.165) is 42.9 Å². The Morgan fingerprint density at radius 3 is 2.73 bits per heavy atom. The molecule has 1 N–H and O–H groups in total. The number of alkyl halides is 3. The Bertz CT molecular complexity index is 1010. The number of nitrogens with one attached hydrogen (secondary N) is 1. The molecule has 6 nitrogen and oxygen atoms in total. The van der Waals surface area contributed by atoms with Crippen molar-refractivity contribution in [1.29, 1.82) is 0 Å². The van der Waals surface area contributed by atoms with Crippen molar-refractivity contribution in [2.45, 2.75) is 31.9 Å². The van der Waals surface area contributed by atoms with Crippen molar-refractivity contribution in [3.05, 3.63) is 47.2 Å². The van der Waals surface area contributed by atoms with Crippen LogP contribution >= 0.6 is 11.3 Å². The minimum absolute atomic E-state index is 0.0156. The molecule has 1 amide bonds. The fourth-order valence-electron chi connectivity index (χ4n) is 3.34. The molecule has 0 aliphatic carbocycles. The highest BCUT2D eigenvalue weighted by molar-refractivity contribution is 7.13. The Labute approximate surface area is 174 Å². The van der Waals surface area contributed by atoms with Crippen molar-refractivity contribution < 1.29 is 22.5 Å². The summed E-state index contributed by atoms with van der Waals surface area (Å²) >= 11 is 1.47. The Balaban J connectivity index is 1.45. The van der Waals surface area contributed by atoms with Gasteiger partial charge in [-0.3, -0.25) is 4.79 Å². The molecule has 4 rings (SSSR count). The van der Waals surface area contributed by atoms with Crippen LogP contribution in [0.1, 0.15) is 30.7 Å². The molecule has 0 bridgehead atoms. The number of thiophene rings is 1. The average Bonchev–Trinajstić information content (AvgIpc) is 3.48. The highest BCUT2D eigenvalue weighted by Gasteiger charge is 2.32. The van der Waals surface area contributed by atoms with Crippen molar-refractivity contribution in [3.63, 3.8) is 0 Å². The van der Waals surface area contributed by atoms with Gasteiger partial charge in [0.1, 0.15) is 0 Å². The molecule has 1 aliphatic rings. The van der Waals surface area contributed by atoms with E-state index in [-0.39, 0.29) is 18.5 Å². The molecule has 3 heterocycles. The maximum atomic E-state index is 13.1. The average molecular weight is 436 g/mol. The van der Waals surface area contributed by atoms with Gasteiger partial charge >= 0.3 is 6.18 Å². The number of halogens is 3.